The quantitative estimate of drug-likeness (QED) is 0.577. The third-order valence-electron chi connectivity index (χ3n) is 6.05. The molecule has 150 valence electrons. The van der Waals surface area contributed by atoms with Crippen molar-refractivity contribution in [3.05, 3.63) is 47.3 Å². The molecular weight excluding hydrogens is 392 g/mol. The summed E-state index contributed by atoms with van der Waals surface area (Å²) in [7, 11) is 0. The van der Waals surface area contributed by atoms with Crippen LogP contribution in [0.15, 0.2) is 40.8 Å². The lowest BCUT2D eigenvalue weighted by molar-refractivity contribution is -0.933. The van der Waals surface area contributed by atoms with E-state index in [0.717, 1.165) is 23.3 Å². The molecule has 5 rings (SSSR count). The second kappa shape index (κ2) is 7.39. The maximum atomic E-state index is 12.8. The van der Waals surface area contributed by atoms with Gasteiger partial charge in [0.1, 0.15) is 0 Å². The number of carbonyl (C=O) groups is 2. The summed E-state index contributed by atoms with van der Waals surface area (Å²) >= 11 is 5.93. The van der Waals surface area contributed by atoms with Gasteiger partial charge in [-0.25, -0.2) is 4.90 Å². The highest BCUT2D eigenvalue weighted by Crippen LogP contribution is 2.34. The number of allylic oxidation sites excluding steroid dienone is 2. The van der Waals surface area contributed by atoms with Crippen LogP contribution >= 0.6 is 11.6 Å². The summed E-state index contributed by atoms with van der Waals surface area (Å²) in [6.45, 7) is 0.865. The first-order valence-corrected chi connectivity index (χ1v) is 10.4. The molecule has 7 nitrogen and oxygen atoms in total. The lowest BCUT2D eigenvalue weighted by Crippen LogP contribution is -3.13. The number of hydrogen-bond acceptors (Lipinski definition) is 5. The van der Waals surface area contributed by atoms with Gasteiger partial charge in [-0.15, -0.1) is 10.2 Å². The summed E-state index contributed by atoms with van der Waals surface area (Å²) in [6, 6.07) is 7.65. The number of imide groups is 1. The van der Waals surface area contributed by atoms with Crippen molar-refractivity contribution in [2.24, 2.45) is 11.8 Å². The van der Waals surface area contributed by atoms with E-state index in [4.69, 9.17) is 16.0 Å². The number of likely N-dealkylation sites (tertiary alicyclic amines) is 1. The zero-order valence-electron chi connectivity index (χ0n) is 15.9. The summed E-state index contributed by atoms with van der Waals surface area (Å²) in [5.41, 5.74) is 0.808. The van der Waals surface area contributed by atoms with Gasteiger partial charge in [0.2, 0.25) is 17.7 Å². The van der Waals surface area contributed by atoms with Crippen LogP contribution < -0.4 is 4.90 Å². The zero-order chi connectivity index (χ0) is 20.0. The Balaban J connectivity index is 1.30. The molecule has 2 heterocycles. The number of rotatable bonds is 6. The molecule has 2 aliphatic carbocycles. The van der Waals surface area contributed by atoms with Crippen molar-refractivity contribution in [1.82, 2.24) is 15.1 Å². The lowest BCUT2D eigenvalue weighted by Gasteiger charge is -2.23. The molecule has 29 heavy (non-hydrogen) atoms. The van der Waals surface area contributed by atoms with E-state index in [2.05, 4.69) is 10.2 Å². The second-order valence-corrected chi connectivity index (χ2v) is 8.47. The minimum Gasteiger partial charge on any atom is -0.415 e. The van der Waals surface area contributed by atoms with Crippen LogP contribution in [0.5, 0.6) is 0 Å². The molecule has 1 aromatic carbocycles. The molecule has 2 aromatic rings. The molecule has 1 aliphatic heterocycles. The number of nitrogens with zero attached hydrogens (tertiary/aromatic N) is 3. The summed E-state index contributed by atoms with van der Waals surface area (Å²) < 4.78 is 5.85. The molecule has 0 bridgehead atoms. The predicted octanol–water partition coefficient (Wildman–Crippen LogP) is 1.85. The molecule has 1 unspecified atom stereocenters. The summed E-state index contributed by atoms with van der Waals surface area (Å²) in [6.07, 6.45) is 7.52. The van der Waals surface area contributed by atoms with Gasteiger partial charge < -0.3 is 9.32 Å². The van der Waals surface area contributed by atoms with Gasteiger partial charge in [-0.1, -0.05) is 23.8 Å². The summed E-state index contributed by atoms with van der Waals surface area (Å²) in [5, 5.41) is 8.97. The molecule has 1 aromatic heterocycles. The van der Waals surface area contributed by atoms with Crippen LogP contribution in [0, 0.1) is 11.8 Å². The fourth-order valence-electron chi connectivity index (χ4n) is 4.28. The number of quaternary nitrogens is 1. The highest BCUT2D eigenvalue weighted by molar-refractivity contribution is 6.30. The lowest BCUT2D eigenvalue weighted by atomic mass is 9.85. The maximum Gasteiger partial charge on any atom is 0.271 e. The van der Waals surface area contributed by atoms with Gasteiger partial charge in [-0.05, 0) is 37.1 Å². The fraction of sp³-hybridized carbons (Fsp3) is 0.429. The van der Waals surface area contributed by atoms with Crippen molar-refractivity contribution >= 4 is 23.4 Å². The van der Waals surface area contributed by atoms with Crippen LogP contribution in [0.25, 0.3) is 11.5 Å². The van der Waals surface area contributed by atoms with Crippen LogP contribution in [-0.4, -0.2) is 39.6 Å². The van der Waals surface area contributed by atoms with Crippen molar-refractivity contribution in [2.75, 3.05) is 6.67 Å². The van der Waals surface area contributed by atoms with E-state index in [1.807, 2.05) is 24.3 Å². The molecule has 3 atom stereocenters. The Kier molecular flexibility index (Phi) is 4.72. The first-order valence-electron chi connectivity index (χ1n) is 10.0. The summed E-state index contributed by atoms with van der Waals surface area (Å²) in [4.78, 5) is 28.2. The predicted molar refractivity (Wildman–Crippen MR) is 105 cm³/mol. The van der Waals surface area contributed by atoms with Gasteiger partial charge in [0.15, 0.2) is 13.2 Å². The number of benzene rings is 1. The van der Waals surface area contributed by atoms with E-state index >= 15 is 0 Å². The highest BCUT2D eigenvalue weighted by Gasteiger charge is 2.49. The smallest absolute Gasteiger partial charge is 0.271 e. The summed E-state index contributed by atoms with van der Waals surface area (Å²) in [5.74, 6) is 0.512. The Morgan fingerprint density at radius 1 is 1.03 bits per heavy atom. The van der Waals surface area contributed by atoms with Gasteiger partial charge in [-0.2, -0.15) is 0 Å². The minimum absolute atomic E-state index is 0.0325. The van der Waals surface area contributed by atoms with Gasteiger partial charge in [0, 0.05) is 23.4 Å². The first-order chi connectivity index (χ1) is 14.1. The van der Waals surface area contributed by atoms with Crippen molar-refractivity contribution in [1.29, 1.82) is 0 Å². The number of amides is 2. The number of halogens is 1. The Labute approximate surface area is 173 Å². The normalized spacial score (nSPS) is 24.8. The van der Waals surface area contributed by atoms with E-state index < -0.39 is 0 Å². The largest absolute Gasteiger partial charge is 0.415 e. The standard InChI is InChI=1S/C21H21ClN4O3/c22-14-7-5-13(6-8-14)19-24-23-18(29-19)11-25(15-9-10-15)12-26-20(27)16-3-1-2-4-17(16)21(26)28/h1-2,5-8,15-17H,3-4,9-12H2/p+1/t16-,17-/m0/s1. The molecule has 1 saturated heterocycles. The molecule has 1 N–H and O–H groups in total. The average molecular weight is 414 g/mol. The van der Waals surface area contributed by atoms with Crippen LogP contribution in [0.4, 0.5) is 0 Å². The number of nitrogens with one attached hydrogen (secondary N) is 1. The van der Waals surface area contributed by atoms with Gasteiger partial charge in [0.25, 0.3) is 5.89 Å². The Morgan fingerprint density at radius 3 is 2.31 bits per heavy atom. The molecular formula is C21H22ClN4O3+. The topological polar surface area (TPSA) is 80.7 Å². The van der Waals surface area contributed by atoms with E-state index in [0.29, 0.717) is 48.9 Å². The molecule has 2 fully saturated rings. The van der Waals surface area contributed by atoms with Crippen molar-refractivity contribution < 1.29 is 18.9 Å². The number of hydrogen-bond donors (Lipinski definition) is 1. The van der Waals surface area contributed by atoms with Crippen molar-refractivity contribution in [2.45, 2.75) is 38.3 Å². The molecule has 8 heteroatoms. The first kappa shape index (κ1) is 18.5. The Bertz CT molecular complexity index is 941. The molecule has 3 aliphatic rings. The maximum absolute atomic E-state index is 12.8. The van der Waals surface area contributed by atoms with Gasteiger partial charge in [0.05, 0.1) is 17.9 Å². The zero-order valence-corrected chi connectivity index (χ0v) is 16.6. The molecule has 1 saturated carbocycles. The number of aromatic nitrogens is 2. The van der Waals surface area contributed by atoms with Crippen LogP contribution in [0.1, 0.15) is 31.6 Å². The van der Waals surface area contributed by atoms with Gasteiger partial charge >= 0.3 is 0 Å². The third-order valence-corrected chi connectivity index (χ3v) is 6.30. The van der Waals surface area contributed by atoms with E-state index in [9.17, 15) is 9.59 Å². The molecule has 0 radical (unpaired) electrons. The second-order valence-electron chi connectivity index (χ2n) is 8.04. The van der Waals surface area contributed by atoms with Crippen LogP contribution in [-0.2, 0) is 16.1 Å². The Hall–Kier alpha value is -2.51. The van der Waals surface area contributed by atoms with E-state index in [1.54, 1.807) is 12.1 Å². The molecule has 0 spiro atoms. The highest BCUT2D eigenvalue weighted by atomic mass is 35.5. The van der Waals surface area contributed by atoms with Crippen LogP contribution in [0.3, 0.4) is 0 Å². The van der Waals surface area contributed by atoms with Crippen LogP contribution in [0.2, 0.25) is 5.02 Å². The average Bonchev–Trinajstić information content (AvgIpc) is 3.44. The SMILES string of the molecule is O=C1[C@H]2CC=CC[C@@H]2C(=O)N1C[NH+](Cc1nnc(-c2ccc(Cl)cc2)o1)C1CC1. The number of carbonyl (C=O) groups excluding carboxylic acids is 2. The van der Waals surface area contributed by atoms with Crippen molar-refractivity contribution in [3.8, 4) is 11.5 Å². The van der Waals surface area contributed by atoms with Gasteiger partial charge in [-0.3, -0.25) is 9.59 Å². The third kappa shape index (κ3) is 3.60. The van der Waals surface area contributed by atoms with Crippen molar-refractivity contribution in [3.63, 3.8) is 0 Å². The fourth-order valence-corrected chi connectivity index (χ4v) is 4.40. The minimum atomic E-state index is -0.187. The van der Waals surface area contributed by atoms with E-state index in [-0.39, 0.29) is 23.7 Å². The Morgan fingerprint density at radius 2 is 1.69 bits per heavy atom. The number of fused-ring (bicyclic) bond motifs is 1. The van der Waals surface area contributed by atoms with E-state index in [1.165, 1.54) is 4.90 Å². The molecule has 2 amide bonds. The monoisotopic (exact) mass is 413 g/mol.